The minimum Gasteiger partial charge on any atom is -0.489 e. The number of hydrogen-bond acceptors (Lipinski definition) is 5. The summed E-state index contributed by atoms with van der Waals surface area (Å²) in [6, 6.07) is 15.8. The largest absolute Gasteiger partial charge is 1.00 e. The molecule has 0 radical (unpaired) electrons. The first-order chi connectivity index (χ1) is 13.0. The Balaban J connectivity index is 0.00000225. The normalized spacial score (nSPS) is 23.2. The van der Waals surface area contributed by atoms with Crippen LogP contribution in [0.25, 0.3) is 0 Å². The van der Waals surface area contributed by atoms with Crippen LogP contribution in [-0.4, -0.2) is 28.6 Å². The maximum absolute atomic E-state index is 11.7. The van der Waals surface area contributed by atoms with Gasteiger partial charge in [0, 0.05) is 0 Å². The number of thioether (sulfide) groups is 1. The summed E-state index contributed by atoms with van der Waals surface area (Å²) in [4.78, 5) is 22.9. The Morgan fingerprint density at radius 3 is 2.64 bits per heavy atom. The quantitative estimate of drug-likeness (QED) is 0.743. The van der Waals surface area contributed by atoms with Crippen molar-refractivity contribution in [3.05, 3.63) is 59.7 Å². The van der Waals surface area contributed by atoms with E-state index in [4.69, 9.17) is 9.47 Å². The summed E-state index contributed by atoms with van der Waals surface area (Å²) >= 11 is 1.05. The molecule has 2 aliphatic rings. The zero-order chi connectivity index (χ0) is 18.9. The fraction of sp³-hybridized carbons (Fsp3) is 0.333. The maximum Gasteiger partial charge on any atom is 1.00 e. The third-order valence-corrected chi connectivity index (χ3v) is 5.89. The molecular formula is C21H21NNaO4S+. The molecular weight excluding hydrogens is 385 g/mol. The molecule has 1 fully saturated rings. The molecule has 2 aromatic rings. The van der Waals surface area contributed by atoms with E-state index in [1.54, 1.807) is 0 Å². The molecule has 0 aliphatic carbocycles. The summed E-state index contributed by atoms with van der Waals surface area (Å²) < 4.78 is 12.1. The second kappa shape index (κ2) is 8.91. The number of amides is 2. The van der Waals surface area contributed by atoms with Gasteiger partial charge in [0.05, 0.1) is 5.25 Å². The molecule has 140 valence electrons. The van der Waals surface area contributed by atoms with Crippen molar-refractivity contribution in [2.45, 2.75) is 37.0 Å². The Morgan fingerprint density at radius 1 is 1.18 bits per heavy atom. The van der Waals surface area contributed by atoms with Crippen molar-refractivity contribution < 1.29 is 48.6 Å². The summed E-state index contributed by atoms with van der Waals surface area (Å²) in [6.07, 6.45) is 2.42. The van der Waals surface area contributed by atoms with Gasteiger partial charge in [0.2, 0.25) is 5.91 Å². The van der Waals surface area contributed by atoms with Gasteiger partial charge in [0.15, 0.2) is 0 Å². The minimum atomic E-state index is -0.355. The van der Waals surface area contributed by atoms with E-state index in [2.05, 4.69) is 18.3 Å². The van der Waals surface area contributed by atoms with Gasteiger partial charge in [0.25, 0.3) is 5.24 Å². The minimum absolute atomic E-state index is 0. The maximum atomic E-state index is 11.7. The van der Waals surface area contributed by atoms with Crippen LogP contribution in [0.3, 0.4) is 0 Å². The molecule has 28 heavy (non-hydrogen) atoms. The number of carbonyl (C=O) groups is 2. The molecule has 1 N–H and O–H groups in total. The average molecular weight is 406 g/mol. The van der Waals surface area contributed by atoms with Crippen LogP contribution in [-0.2, 0) is 17.6 Å². The van der Waals surface area contributed by atoms with Crippen LogP contribution in [0, 0.1) is 0 Å². The van der Waals surface area contributed by atoms with E-state index in [1.165, 1.54) is 5.56 Å². The van der Waals surface area contributed by atoms with Crippen molar-refractivity contribution in [3.8, 4) is 11.5 Å². The summed E-state index contributed by atoms with van der Waals surface area (Å²) in [5, 5.41) is 1.69. The molecule has 0 saturated carbocycles. The molecule has 2 heterocycles. The van der Waals surface area contributed by atoms with Gasteiger partial charge < -0.3 is 9.47 Å². The van der Waals surface area contributed by atoms with Crippen molar-refractivity contribution in [3.63, 3.8) is 0 Å². The Labute approximate surface area is 190 Å². The Bertz CT molecular complexity index is 873. The number of fused-ring (bicyclic) bond motifs is 1. The van der Waals surface area contributed by atoms with E-state index in [0.717, 1.165) is 41.7 Å². The Morgan fingerprint density at radius 2 is 1.93 bits per heavy atom. The molecule has 1 saturated heterocycles. The number of aryl methyl sites for hydroxylation is 1. The molecule has 7 heteroatoms. The Hall–Kier alpha value is -1.47. The van der Waals surface area contributed by atoms with E-state index in [9.17, 15) is 9.59 Å². The van der Waals surface area contributed by atoms with Crippen molar-refractivity contribution in [1.82, 2.24) is 5.32 Å². The number of ether oxygens (including phenoxy) is 2. The predicted molar refractivity (Wildman–Crippen MR) is 104 cm³/mol. The van der Waals surface area contributed by atoms with Crippen molar-refractivity contribution in [2.24, 2.45) is 0 Å². The molecule has 2 atom stereocenters. The first kappa shape index (κ1) is 21.2. The first-order valence-electron chi connectivity index (χ1n) is 9.01. The first-order valence-corrected chi connectivity index (χ1v) is 9.89. The van der Waals surface area contributed by atoms with E-state index in [-0.39, 0.29) is 51.6 Å². The number of rotatable bonds is 5. The SMILES string of the molecule is CC1(COc2ccc(CC3SC(=O)NC3=O)cc2)CCc2ccccc2O1.[Na+]. The summed E-state index contributed by atoms with van der Waals surface area (Å²) in [5.41, 5.74) is 1.89. The van der Waals surface area contributed by atoms with E-state index >= 15 is 0 Å². The van der Waals surface area contributed by atoms with Gasteiger partial charge in [-0.3, -0.25) is 14.9 Å². The molecule has 5 nitrogen and oxygen atoms in total. The molecule has 0 aromatic heterocycles. The molecule has 4 rings (SSSR count). The molecule has 2 aliphatic heterocycles. The fourth-order valence-electron chi connectivity index (χ4n) is 3.33. The molecule has 2 aromatic carbocycles. The van der Waals surface area contributed by atoms with Crippen molar-refractivity contribution in [1.29, 1.82) is 0 Å². The molecule has 0 bridgehead atoms. The van der Waals surface area contributed by atoms with Gasteiger partial charge in [-0.25, -0.2) is 0 Å². The Kier molecular flexibility index (Phi) is 6.76. The van der Waals surface area contributed by atoms with E-state index < -0.39 is 0 Å². The van der Waals surface area contributed by atoms with Crippen molar-refractivity contribution in [2.75, 3.05) is 6.61 Å². The monoisotopic (exact) mass is 406 g/mol. The van der Waals surface area contributed by atoms with Gasteiger partial charge in [-0.1, -0.05) is 42.1 Å². The number of nitrogens with one attached hydrogen (secondary N) is 1. The van der Waals surface area contributed by atoms with Crippen molar-refractivity contribution >= 4 is 22.9 Å². The predicted octanol–water partition coefficient (Wildman–Crippen LogP) is 0.747. The van der Waals surface area contributed by atoms with Gasteiger partial charge >= 0.3 is 29.6 Å². The number of hydrogen-bond donors (Lipinski definition) is 1. The zero-order valence-electron chi connectivity index (χ0n) is 16.1. The fourth-order valence-corrected chi connectivity index (χ4v) is 4.19. The number of benzene rings is 2. The topological polar surface area (TPSA) is 64.6 Å². The van der Waals surface area contributed by atoms with Crippen LogP contribution in [0.5, 0.6) is 11.5 Å². The summed E-state index contributed by atoms with van der Waals surface area (Å²) in [5.74, 6) is 1.49. The summed E-state index contributed by atoms with van der Waals surface area (Å²) in [6.45, 7) is 2.54. The van der Waals surface area contributed by atoms with E-state index in [0.29, 0.717) is 13.0 Å². The number of imide groups is 1. The third-order valence-electron chi connectivity index (χ3n) is 4.91. The second-order valence-electron chi connectivity index (χ2n) is 7.18. The van der Waals surface area contributed by atoms with Gasteiger partial charge in [0.1, 0.15) is 23.7 Å². The van der Waals surface area contributed by atoms with E-state index in [1.807, 2.05) is 42.5 Å². The van der Waals surface area contributed by atoms with Crippen LogP contribution in [0.2, 0.25) is 0 Å². The van der Waals surface area contributed by atoms with Crippen LogP contribution in [0.15, 0.2) is 48.5 Å². The molecule has 2 amide bonds. The van der Waals surface area contributed by atoms with Gasteiger partial charge in [-0.05, 0) is 55.5 Å². The average Bonchev–Trinajstić information content (AvgIpc) is 2.98. The standard InChI is InChI=1S/C21H21NO4S.Na/c1-21(11-10-15-4-2-3-5-17(15)26-21)13-25-16-8-6-14(7-9-16)12-18-19(23)22-20(24)27-18;/h2-9,18H,10-13H2,1H3,(H,22,23,24);/q;+1. The number of carbonyl (C=O) groups excluding carboxylic acids is 2. The van der Waals surface area contributed by atoms with Gasteiger partial charge in [-0.2, -0.15) is 0 Å². The third kappa shape index (κ3) is 4.92. The summed E-state index contributed by atoms with van der Waals surface area (Å²) in [7, 11) is 0. The van der Waals surface area contributed by atoms with Crippen LogP contribution >= 0.6 is 11.8 Å². The molecule has 0 spiro atoms. The zero-order valence-corrected chi connectivity index (χ0v) is 18.9. The second-order valence-corrected chi connectivity index (χ2v) is 8.36. The van der Waals surface area contributed by atoms with Crippen LogP contribution in [0.1, 0.15) is 24.5 Å². The van der Waals surface area contributed by atoms with Crippen LogP contribution in [0.4, 0.5) is 4.79 Å². The van der Waals surface area contributed by atoms with Crippen LogP contribution < -0.4 is 44.3 Å². The van der Waals surface area contributed by atoms with Gasteiger partial charge in [-0.15, -0.1) is 0 Å². The smallest absolute Gasteiger partial charge is 0.489 e. The number of para-hydroxylation sites is 1. The molecule has 2 unspecified atom stereocenters.